The maximum Gasteiger partial charge on any atom is 0.418 e. The summed E-state index contributed by atoms with van der Waals surface area (Å²) in [5, 5.41) is 0.641. The van der Waals surface area contributed by atoms with Gasteiger partial charge in [-0.2, -0.15) is 0 Å². The van der Waals surface area contributed by atoms with Gasteiger partial charge in [-0.3, -0.25) is 0 Å². The molecule has 0 unspecified atom stereocenters. The zero-order chi connectivity index (χ0) is 16.8. The Hall–Kier alpha value is -2.00. The Morgan fingerprint density at radius 3 is 2.25 bits per heavy atom. The van der Waals surface area contributed by atoms with Gasteiger partial charge in [0.25, 0.3) is 0 Å². The van der Waals surface area contributed by atoms with Crippen LogP contribution in [0.25, 0.3) is 0 Å². The van der Waals surface area contributed by atoms with Crippen molar-refractivity contribution < 1.29 is 9.53 Å². The monoisotopic (exact) mass is 343 g/mol. The van der Waals surface area contributed by atoms with Gasteiger partial charge >= 0.3 is 6.09 Å². The normalized spacial score (nSPS) is 15.0. The highest BCUT2D eigenvalue weighted by Gasteiger charge is 2.22. The summed E-state index contributed by atoms with van der Waals surface area (Å²) in [6, 6.07) is 16.8. The van der Waals surface area contributed by atoms with Crippen molar-refractivity contribution in [3.8, 4) is 0 Å². The second-order valence-corrected chi connectivity index (χ2v) is 6.66. The van der Waals surface area contributed by atoms with Gasteiger partial charge in [-0.15, -0.1) is 0 Å². The molecular formula is C20H22ClNO2. The van der Waals surface area contributed by atoms with Crippen molar-refractivity contribution in [3.63, 3.8) is 0 Å². The zero-order valence-electron chi connectivity index (χ0n) is 13.7. The van der Waals surface area contributed by atoms with E-state index in [-0.39, 0.29) is 6.09 Å². The number of nitrogens with zero attached hydrogens (tertiary/aromatic N) is 1. The van der Waals surface area contributed by atoms with E-state index in [0.717, 1.165) is 24.2 Å². The van der Waals surface area contributed by atoms with Gasteiger partial charge in [0.15, 0.2) is 0 Å². The molecule has 1 amide bonds. The molecule has 0 atom stereocenters. The number of halogens is 1. The Balaban J connectivity index is 1.76. The number of hydrogen-bond acceptors (Lipinski definition) is 2. The molecule has 3 rings (SSSR count). The van der Waals surface area contributed by atoms with Crippen molar-refractivity contribution in [2.24, 2.45) is 5.92 Å². The molecule has 4 heteroatoms. The highest BCUT2D eigenvalue weighted by atomic mass is 35.5. The smallest absolute Gasteiger partial charge is 0.418 e. The van der Waals surface area contributed by atoms with Crippen molar-refractivity contribution in [1.29, 1.82) is 0 Å². The molecule has 0 bridgehead atoms. The summed E-state index contributed by atoms with van der Waals surface area (Å²) in [7, 11) is 0. The van der Waals surface area contributed by atoms with E-state index in [4.69, 9.17) is 16.3 Å². The van der Waals surface area contributed by atoms with Crippen molar-refractivity contribution in [1.82, 2.24) is 0 Å². The van der Waals surface area contributed by atoms with Gasteiger partial charge in [0, 0.05) is 5.02 Å². The zero-order valence-corrected chi connectivity index (χ0v) is 14.4. The summed E-state index contributed by atoms with van der Waals surface area (Å²) in [6.45, 7) is 0.496. The number of para-hydroxylation sites is 1. The average Bonchev–Trinajstić information content (AvgIpc) is 2.64. The Morgan fingerprint density at radius 2 is 1.58 bits per heavy atom. The third-order valence-electron chi connectivity index (χ3n) is 4.45. The molecule has 1 aliphatic carbocycles. The number of carbonyl (C=O) groups is 1. The molecule has 0 aliphatic heterocycles. The lowest BCUT2D eigenvalue weighted by molar-refractivity contribution is 0.124. The third kappa shape index (κ3) is 4.30. The molecule has 0 aromatic heterocycles. The van der Waals surface area contributed by atoms with E-state index in [2.05, 4.69) is 0 Å². The Morgan fingerprint density at radius 1 is 0.958 bits per heavy atom. The molecular weight excluding hydrogens is 322 g/mol. The second kappa shape index (κ2) is 8.20. The van der Waals surface area contributed by atoms with Crippen molar-refractivity contribution >= 4 is 29.1 Å². The molecule has 24 heavy (non-hydrogen) atoms. The van der Waals surface area contributed by atoms with Crippen LogP contribution in [0.1, 0.15) is 32.1 Å². The van der Waals surface area contributed by atoms with Crippen LogP contribution in [0.15, 0.2) is 54.6 Å². The molecule has 1 fully saturated rings. The molecule has 0 saturated heterocycles. The number of benzene rings is 2. The van der Waals surface area contributed by atoms with Crippen LogP contribution in [0.5, 0.6) is 0 Å². The van der Waals surface area contributed by atoms with Gasteiger partial charge in [-0.05, 0) is 55.2 Å². The number of anilines is 2. The molecule has 3 nitrogen and oxygen atoms in total. The van der Waals surface area contributed by atoms with Crippen molar-refractivity contribution in [2.75, 3.05) is 11.5 Å². The molecule has 2 aromatic rings. The van der Waals surface area contributed by atoms with Gasteiger partial charge in [0.05, 0.1) is 18.0 Å². The maximum absolute atomic E-state index is 12.7. The van der Waals surface area contributed by atoms with E-state index in [1.165, 1.54) is 19.3 Å². The molecule has 0 N–H and O–H groups in total. The van der Waals surface area contributed by atoms with Crippen molar-refractivity contribution in [3.05, 3.63) is 59.6 Å². The molecule has 0 heterocycles. The van der Waals surface area contributed by atoms with Crippen LogP contribution in [-0.4, -0.2) is 12.7 Å². The standard InChI is InChI=1S/C20H22ClNO2/c21-17-11-13-19(14-12-17)22(18-9-5-2-6-10-18)20(23)24-15-16-7-3-1-4-8-16/h2,5-6,9-14,16H,1,3-4,7-8,15H2. The summed E-state index contributed by atoms with van der Waals surface area (Å²) in [6.07, 6.45) is 5.74. The lowest BCUT2D eigenvalue weighted by atomic mass is 9.90. The highest BCUT2D eigenvalue weighted by Crippen LogP contribution is 2.29. The summed E-state index contributed by atoms with van der Waals surface area (Å²) < 4.78 is 5.64. The van der Waals surface area contributed by atoms with E-state index in [1.54, 1.807) is 17.0 Å². The maximum atomic E-state index is 12.7. The number of rotatable bonds is 4. The quantitative estimate of drug-likeness (QED) is 0.661. The van der Waals surface area contributed by atoms with Gasteiger partial charge in [0.2, 0.25) is 0 Å². The number of hydrogen-bond donors (Lipinski definition) is 0. The predicted molar refractivity (Wildman–Crippen MR) is 98.0 cm³/mol. The minimum absolute atomic E-state index is 0.339. The first-order chi connectivity index (χ1) is 11.7. The fourth-order valence-corrected chi connectivity index (χ4v) is 3.26. The van der Waals surface area contributed by atoms with Crippen LogP contribution in [-0.2, 0) is 4.74 Å². The van der Waals surface area contributed by atoms with Crippen LogP contribution >= 0.6 is 11.6 Å². The summed E-state index contributed by atoms with van der Waals surface area (Å²) in [4.78, 5) is 14.3. The van der Waals surface area contributed by atoms with Gasteiger partial charge in [0.1, 0.15) is 0 Å². The first-order valence-corrected chi connectivity index (χ1v) is 8.89. The van der Waals surface area contributed by atoms with E-state index in [0.29, 0.717) is 17.5 Å². The van der Waals surface area contributed by atoms with Gasteiger partial charge < -0.3 is 4.74 Å². The van der Waals surface area contributed by atoms with Crippen LogP contribution < -0.4 is 4.90 Å². The van der Waals surface area contributed by atoms with Crippen LogP contribution in [0, 0.1) is 5.92 Å². The first kappa shape index (κ1) is 16.8. The molecule has 1 aliphatic rings. The highest BCUT2D eigenvalue weighted by molar-refractivity contribution is 6.30. The van der Waals surface area contributed by atoms with Gasteiger partial charge in [-0.25, -0.2) is 9.69 Å². The Bertz CT molecular complexity index is 651. The SMILES string of the molecule is O=C(OCC1CCCCC1)N(c1ccccc1)c1ccc(Cl)cc1. The average molecular weight is 344 g/mol. The lowest BCUT2D eigenvalue weighted by Gasteiger charge is -2.25. The minimum atomic E-state index is -0.339. The first-order valence-electron chi connectivity index (χ1n) is 8.51. The summed E-state index contributed by atoms with van der Waals surface area (Å²) >= 11 is 5.97. The molecule has 0 spiro atoms. The van der Waals surface area contributed by atoms with E-state index >= 15 is 0 Å². The fraction of sp³-hybridized carbons (Fsp3) is 0.350. The fourth-order valence-electron chi connectivity index (χ4n) is 3.13. The number of ether oxygens (including phenoxy) is 1. The lowest BCUT2D eigenvalue weighted by Crippen LogP contribution is -2.29. The van der Waals surface area contributed by atoms with Crippen LogP contribution in [0.3, 0.4) is 0 Å². The number of carbonyl (C=O) groups excluding carboxylic acids is 1. The molecule has 1 saturated carbocycles. The Labute approximate surface area is 148 Å². The van der Waals surface area contributed by atoms with Crippen molar-refractivity contribution in [2.45, 2.75) is 32.1 Å². The second-order valence-electron chi connectivity index (χ2n) is 6.23. The summed E-state index contributed by atoms with van der Waals surface area (Å²) in [5.74, 6) is 0.491. The number of amides is 1. The summed E-state index contributed by atoms with van der Waals surface area (Å²) in [5.41, 5.74) is 1.53. The van der Waals surface area contributed by atoms with Crippen LogP contribution in [0.4, 0.5) is 16.2 Å². The van der Waals surface area contributed by atoms with E-state index in [1.807, 2.05) is 42.5 Å². The van der Waals surface area contributed by atoms with E-state index in [9.17, 15) is 4.79 Å². The third-order valence-corrected chi connectivity index (χ3v) is 4.70. The topological polar surface area (TPSA) is 29.5 Å². The van der Waals surface area contributed by atoms with E-state index < -0.39 is 0 Å². The van der Waals surface area contributed by atoms with Gasteiger partial charge in [-0.1, -0.05) is 49.1 Å². The largest absolute Gasteiger partial charge is 0.449 e. The molecule has 2 aromatic carbocycles. The molecule has 0 radical (unpaired) electrons. The van der Waals surface area contributed by atoms with Crippen LogP contribution in [0.2, 0.25) is 5.02 Å². The minimum Gasteiger partial charge on any atom is -0.449 e. The molecule has 126 valence electrons. The Kier molecular flexibility index (Phi) is 5.76. The predicted octanol–water partition coefficient (Wildman–Crippen LogP) is 6.20.